The van der Waals surface area contributed by atoms with Gasteiger partial charge in [-0.15, -0.1) is 11.3 Å². The number of benzene rings is 1. The molecule has 1 unspecified atom stereocenters. The first-order chi connectivity index (χ1) is 13.4. The monoisotopic (exact) mass is 398 g/mol. The van der Waals surface area contributed by atoms with Crippen molar-refractivity contribution in [2.24, 2.45) is 0 Å². The molecular weight excluding hydrogens is 372 g/mol. The smallest absolute Gasteiger partial charge is 0.273 e. The summed E-state index contributed by atoms with van der Waals surface area (Å²) in [6.45, 7) is 8.37. The van der Waals surface area contributed by atoms with Crippen LogP contribution in [0.5, 0.6) is 0 Å². The van der Waals surface area contributed by atoms with Gasteiger partial charge in [0.15, 0.2) is 0 Å². The van der Waals surface area contributed by atoms with Gasteiger partial charge in [-0.2, -0.15) is 0 Å². The molecule has 2 saturated heterocycles. The molecule has 2 aliphatic rings. The normalized spacial score (nSPS) is 22.7. The summed E-state index contributed by atoms with van der Waals surface area (Å²) in [5, 5.41) is 4.76. The molecule has 28 heavy (non-hydrogen) atoms. The second-order valence-corrected chi connectivity index (χ2v) is 9.03. The Balaban J connectivity index is 1.58. The van der Waals surface area contributed by atoms with Gasteiger partial charge in [0.05, 0.1) is 18.5 Å². The zero-order valence-corrected chi connectivity index (χ0v) is 17.4. The number of amides is 2. The third-order valence-electron chi connectivity index (χ3n) is 5.68. The summed E-state index contributed by atoms with van der Waals surface area (Å²) in [5.74, 6) is -0.194. The van der Waals surface area contributed by atoms with Crippen LogP contribution >= 0.6 is 11.3 Å². The maximum atomic E-state index is 13.3. The number of hydrogen-bond donors (Lipinski definition) is 1. The number of hydrogen-bond acceptors (Lipinski definition) is 5. The molecule has 2 aliphatic heterocycles. The first-order valence-electron chi connectivity index (χ1n) is 9.71. The highest BCUT2D eigenvalue weighted by atomic mass is 32.1. The molecule has 6 nitrogen and oxygen atoms in total. The number of aryl methyl sites for hydroxylation is 3. The van der Waals surface area contributed by atoms with E-state index in [9.17, 15) is 9.59 Å². The van der Waals surface area contributed by atoms with Crippen molar-refractivity contribution in [2.75, 3.05) is 13.1 Å². The van der Waals surface area contributed by atoms with E-state index in [2.05, 4.69) is 20.7 Å². The molecular formula is C21H26N4O2S. The third kappa shape index (κ3) is 3.56. The molecule has 2 fully saturated rings. The summed E-state index contributed by atoms with van der Waals surface area (Å²) in [7, 11) is 0. The molecule has 2 aromatic rings. The van der Waals surface area contributed by atoms with Gasteiger partial charge in [-0.3, -0.25) is 19.9 Å². The van der Waals surface area contributed by atoms with Gasteiger partial charge in [-0.1, -0.05) is 17.7 Å². The summed E-state index contributed by atoms with van der Waals surface area (Å²) >= 11 is 1.67. The Kier molecular flexibility index (Phi) is 4.97. The van der Waals surface area contributed by atoms with E-state index in [0.29, 0.717) is 18.5 Å². The molecule has 2 amide bonds. The molecule has 1 spiro atoms. The van der Waals surface area contributed by atoms with Crippen molar-refractivity contribution in [1.29, 1.82) is 0 Å². The number of carbonyl (C=O) groups is 2. The summed E-state index contributed by atoms with van der Waals surface area (Å²) in [6, 6.07) is 5.82. The summed E-state index contributed by atoms with van der Waals surface area (Å²) in [4.78, 5) is 32.6. The molecule has 0 aliphatic carbocycles. The van der Waals surface area contributed by atoms with Gasteiger partial charge < -0.3 is 0 Å². The van der Waals surface area contributed by atoms with Crippen LogP contribution in [0.1, 0.15) is 51.4 Å². The van der Waals surface area contributed by atoms with Gasteiger partial charge in [0.2, 0.25) is 5.91 Å². The van der Waals surface area contributed by atoms with Crippen LogP contribution in [0.25, 0.3) is 0 Å². The molecule has 0 radical (unpaired) electrons. The third-order valence-corrected chi connectivity index (χ3v) is 6.63. The molecule has 0 bridgehead atoms. The first kappa shape index (κ1) is 19.1. The maximum Gasteiger partial charge on any atom is 0.273 e. The average Bonchev–Trinajstić information content (AvgIpc) is 3.17. The maximum absolute atomic E-state index is 13.3. The highest BCUT2D eigenvalue weighted by Crippen LogP contribution is 2.35. The zero-order valence-electron chi connectivity index (χ0n) is 16.6. The van der Waals surface area contributed by atoms with Crippen LogP contribution in [0.2, 0.25) is 0 Å². The largest absolute Gasteiger partial charge is 0.294 e. The quantitative estimate of drug-likeness (QED) is 0.863. The lowest BCUT2D eigenvalue weighted by molar-refractivity contribution is -0.120. The van der Waals surface area contributed by atoms with Crippen LogP contribution in [-0.2, 0) is 11.3 Å². The molecule has 0 saturated carbocycles. The lowest BCUT2D eigenvalue weighted by atomic mass is 9.85. The van der Waals surface area contributed by atoms with Gasteiger partial charge in [-0.25, -0.2) is 9.99 Å². The number of rotatable bonds is 3. The van der Waals surface area contributed by atoms with Crippen molar-refractivity contribution in [3.05, 3.63) is 51.0 Å². The fraction of sp³-hybridized carbons (Fsp3) is 0.476. The van der Waals surface area contributed by atoms with E-state index in [-0.39, 0.29) is 11.8 Å². The van der Waals surface area contributed by atoms with Crippen molar-refractivity contribution in [3.63, 3.8) is 0 Å². The van der Waals surface area contributed by atoms with Crippen molar-refractivity contribution in [2.45, 2.75) is 52.1 Å². The van der Waals surface area contributed by atoms with Gasteiger partial charge in [0, 0.05) is 23.2 Å². The second kappa shape index (κ2) is 7.29. The zero-order chi connectivity index (χ0) is 19.9. The molecule has 3 heterocycles. The number of piperidine rings is 1. The molecule has 1 aromatic carbocycles. The Labute approximate surface area is 169 Å². The number of carbonyl (C=O) groups excluding carboxylic acids is 2. The van der Waals surface area contributed by atoms with Gasteiger partial charge >= 0.3 is 0 Å². The van der Waals surface area contributed by atoms with Crippen molar-refractivity contribution in [1.82, 2.24) is 20.3 Å². The van der Waals surface area contributed by atoms with E-state index < -0.39 is 5.54 Å². The lowest BCUT2D eigenvalue weighted by Crippen LogP contribution is -2.59. The topological polar surface area (TPSA) is 65.5 Å². The van der Waals surface area contributed by atoms with E-state index in [1.165, 1.54) is 0 Å². The van der Waals surface area contributed by atoms with Crippen LogP contribution in [-0.4, -0.2) is 45.3 Å². The van der Waals surface area contributed by atoms with E-state index in [1.807, 2.05) is 39.0 Å². The Morgan fingerprint density at radius 1 is 1.32 bits per heavy atom. The molecule has 1 N–H and O–H groups in total. The minimum Gasteiger partial charge on any atom is -0.294 e. The SMILES string of the molecule is Cc1ccc(C(=O)N2NC(=O)CC23CCCN(Cc2nc(C)cs2)C3)c(C)c1. The van der Waals surface area contributed by atoms with E-state index in [0.717, 1.165) is 47.8 Å². The molecule has 4 rings (SSSR count). The van der Waals surface area contributed by atoms with Crippen LogP contribution in [0.4, 0.5) is 0 Å². The van der Waals surface area contributed by atoms with Crippen molar-refractivity contribution < 1.29 is 9.59 Å². The minimum atomic E-state index is -0.490. The predicted octanol–water partition coefficient (Wildman–Crippen LogP) is 2.98. The summed E-state index contributed by atoms with van der Waals surface area (Å²) in [6.07, 6.45) is 2.14. The van der Waals surface area contributed by atoms with Gasteiger partial charge in [0.1, 0.15) is 5.01 Å². The summed E-state index contributed by atoms with van der Waals surface area (Å²) in [5.41, 5.74) is 6.11. The Hall–Kier alpha value is -2.25. The lowest BCUT2D eigenvalue weighted by Gasteiger charge is -2.44. The second-order valence-electron chi connectivity index (χ2n) is 8.09. The van der Waals surface area contributed by atoms with Crippen LogP contribution in [0.15, 0.2) is 23.6 Å². The number of nitrogens with zero attached hydrogens (tertiary/aromatic N) is 3. The van der Waals surface area contributed by atoms with Crippen molar-refractivity contribution >= 4 is 23.2 Å². The standard InChI is InChI=1S/C21H26N4O2S/c1-14-5-6-17(15(2)9-14)20(27)25-21(10-18(26)23-25)7-4-8-24(13-21)11-19-22-16(3)12-28-19/h5-6,9,12H,4,7-8,10-11,13H2,1-3H3,(H,23,26). The average molecular weight is 399 g/mol. The number of hydrazine groups is 1. The van der Waals surface area contributed by atoms with E-state index >= 15 is 0 Å². The molecule has 148 valence electrons. The van der Waals surface area contributed by atoms with E-state index in [1.54, 1.807) is 16.3 Å². The minimum absolute atomic E-state index is 0.0787. The van der Waals surface area contributed by atoms with Crippen LogP contribution in [0.3, 0.4) is 0 Å². The predicted molar refractivity (Wildman–Crippen MR) is 109 cm³/mol. The number of likely N-dealkylation sites (tertiary alicyclic amines) is 1. The van der Waals surface area contributed by atoms with Crippen LogP contribution < -0.4 is 5.43 Å². The molecule has 7 heteroatoms. The number of nitrogens with one attached hydrogen (secondary N) is 1. The Bertz CT molecular complexity index is 925. The number of thiazole rings is 1. The fourth-order valence-electron chi connectivity index (χ4n) is 4.44. The molecule has 1 atom stereocenters. The van der Waals surface area contributed by atoms with E-state index in [4.69, 9.17) is 0 Å². The van der Waals surface area contributed by atoms with Gasteiger partial charge in [-0.05, 0) is 51.8 Å². The van der Waals surface area contributed by atoms with Gasteiger partial charge in [0.25, 0.3) is 5.91 Å². The Morgan fingerprint density at radius 2 is 2.14 bits per heavy atom. The highest BCUT2D eigenvalue weighted by Gasteiger charge is 2.50. The summed E-state index contributed by atoms with van der Waals surface area (Å²) < 4.78 is 0. The fourth-order valence-corrected chi connectivity index (χ4v) is 5.25. The van der Waals surface area contributed by atoms with Crippen LogP contribution in [0, 0.1) is 20.8 Å². The molecule has 1 aromatic heterocycles. The Morgan fingerprint density at radius 3 is 2.86 bits per heavy atom. The highest BCUT2D eigenvalue weighted by molar-refractivity contribution is 7.09. The number of aromatic nitrogens is 1. The first-order valence-corrected chi connectivity index (χ1v) is 10.6. The van der Waals surface area contributed by atoms with Crippen molar-refractivity contribution in [3.8, 4) is 0 Å².